The largest absolute Gasteiger partial charge is 0.465 e. The van der Waals surface area contributed by atoms with Crippen LogP contribution in [-0.2, 0) is 14.3 Å². The van der Waals surface area contributed by atoms with Crippen LogP contribution in [0.2, 0.25) is 0 Å². The molecule has 6 heterocycles. The van der Waals surface area contributed by atoms with Gasteiger partial charge in [-0.15, -0.1) is 0 Å². The third kappa shape index (κ3) is 9.73. The molecule has 74 heavy (non-hydrogen) atoms. The van der Waals surface area contributed by atoms with Crippen molar-refractivity contribution in [3.8, 4) is 0 Å². The first-order chi connectivity index (χ1) is 35.7. The van der Waals surface area contributed by atoms with Crippen molar-refractivity contribution in [2.75, 3.05) is 43.1 Å². The monoisotopic (exact) mass is 1010 g/mol. The number of likely N-dealkylation sites (tertiary alicyclic amines) is 2. The summed E-state index contributed by atoms with van der Waals surface area (Å²) in [6.45, 7) is 9.19. The van der Waals surface area contributed by atoms with Crippen LogP contribution in [0.5, 0.6) is 0 Å². The Morgan fingerprint density at radius 3 is 1.69 bits per heavy atom. The van der Waals surface area contributed by atoms with Crippen molar-refractivity contribution in [3.63, 3.8) is 0 Å². The second-order valence-corrected chi connectivity index (χ2v) is 20.8. The molecule has 0 bridgehead atoms. The number of carbonyl (C=O) groups is 4. The third-order valence-electron chi connectivity index (χ3n) is 15.5. The smallest absolute Gasteiger partial charge is 0.407 e. The van der Waals surface area contributed by atoms with Gasteiger partial charge in [0, 0.05) is 31.9 Å². The summed E-state index contributed by atoms with van der Waals surface area (Å²) in [6.07, 6.45) is 4.92. The third-order valence-corrected chi connectivity index (χ3v) is 15.5. The lowest BCUT2D eigenvalue weighted by atomic mass is 9.99. The lowest BCUT2D eigenvalue weighted by molar-refractivity contribution is -0.136. The van der Waals surface area contributed by atoms with Gasteiger partial charge in [-0.25, -0.2) is 28.3 Å². The number of carbonyl (C=O) groups excluding carboxylic acids is 3. The molecule has 3 fully saturated rings. The Morgan fingerprint density at radius 2 is 1.22 bits per heavy atom. The Labute approximate surface area is 428 Å². The van der Waals surface area contributed by atoms with Crippen molar-refractivity contribution < 1.29 is 37.8 Å². The number of hydrogen-bond acceptors (Lipinski definition) is 9. The van der Waals surface area contributed by atoms with Crippen LogP contribution in [-0.4, -0.2) is 104 Å². The summed E-state index contributed by atoms with van der Waals surface area (Å²) in [5.74, 6) is -0.974. The molecule has 0 spiro atoms. The SMILES string of the molecule is COC(=O)N[C@H](C(=O)N1CCC[C@H]1c1nc2cc([C@H]3CC[C@H](c4ccc5[nH]c([C@@H]6CCCN6C(=O)[C@@H](NC(=O)O)C(C)C)nc5c4)N3c3cc(F)c(N4CC=C(c5ccccc5)CC4)c(F)c3)ccc2[nH]1)C(C)C. The van der Waals surface area contributed by atoms with Crippen LogP contribution in [0.1, 0.15) is 125 Å². The molecule has 5 N–H and O–H groups in total. The van der Waals surface area contributed by atoms with E-state index in [-0.39, 0.29) is 53.5 Å². The maximum Gasteiger partial charge on any atom is 0.407 e. The first kappa shape index (κ1) is 50.1. The second-order valence-electron chi connectivity index (χ2n) is 20.8. The molecule has 6 atom stereocenters. The van der Waals surface area contributed by atoms with E-state index in [4.69, 9.17) is 14.7 Å². The Hall–Kier alpha value is -7.50. The molecule has 16 nitrogen and oxygen atoms in total. The zero-order valence-corrected chi connectivity index (χ0v) is 42.4. The van der Waals surface area contributed by atoms with Gasteiger partial charge in [-0.1, -0.05) is 76.2 Å². The summed E-state index contributed by atoms with van der Waals surface area (Å²) in [6, 6.07) is 21.9. The van der Waals surface area contributed by atoms with Crippen LogP contribution in [0.15, 0.2) is 84.9 Å². The average molecular weight is 1010 g/mol. The standard InChI is InChI=1S/C56H64F2N10O6/c1-31(2)48(63-55(71)72)53(69)66-23-9-13-46(66)51-59-40-17-15-35(27-42(40)61-51)44-19-20-45(68(44)37-29-38(57)50(39(58)30-37)65-25-21-34(22-26-65)33-11-7-6-8-12-33)36-16-18-41-43(28-36)62-52(60-41)47-14-10-24-67(47)54(70)49(32(3)4)64-56(73)74-5/h6-8,11-12,15-18,21,27-32,44-49,63H,9-10,13-14,19-20,22-26H2,1-5H3,(H,59,61)(H,60,62)(H,64,73)(H,71,72)/t44-,45-,46+,47+,48+,49+/m1/s1. The molecule has 10 rings (SSSR count). The minimum Gasteiger partial charge on any atom is -0.465 e. The van der Waals surface area contributed by atoms with Crippen molar-refractivity contribution >= 4 is 63.0 Å². The number of halogens is 2. The Balaban J connectivity index is 0.975. The number of aromatic nitrogens is 4. The highest BCUT2D eigenvalue weighted by atomic mass is 19.1. The minimum atomic E-state index is -1.25. The van der Waals surface area contributed by atoms with Gasteiger partial charge in [0.25, 0.3) is 0 Å². The summed E-state index contributed by atoms with van der Waals surface area (Å²) >= 11 is 0. The van der Waals surface area contributed by atoms with E-state index in [9.17, 15) is 24.3 Å². The van der Waals surface area contributed by atoms with Gasteiger partial charge in [-0.2, -0.15) is 0 Å². The van der Waals surface area contributed by atoms with E-state index in [0.29, 0.717) is 86.7 Å². The van der Waals surface area contributed by atoms with Gasteiger partial charge in [0.1, 0.15) is 29.4 Å². The maximum atomic E-state index is 16.8. The van der Waals surface area contributed by atoms with Crippen molar-refractivity contribution in [1.82, 2.24) is 40.4 Å². The number of anilines is 2. The number of hydrogen-bond donors (Lipinski definition) is 5. The highest BCUT2D eigenvalue weighted by Crippen LogP contribution is 2.49. The number of H-pyrrole nitrogens is 2. The Bertz CT molecular complexity index is 3100. The summed E-state index contributed by atoms with van der Waals surface area (Å²) in [7, 11) is 1.27. The number of nitrogens with zero attached hydrogens (tertiary/aromatic N) is 6. The number of aromatic amines is 2. The van der Waals surface area contributed by atoms with Gasteiger partial charge in [-0.3, -0.25) is 9.59 Å². The van der Waals surface area contributed by atoms with Crippen LogP contribution >= 0.6 is 0 Å². The van der Waals surface area contributed by atoms with Crippen molar-refractivity contribution in [2.24, 2.45) is 11.8 Å². The molecular weight excluding hydrogens is 947 g/mol. The van der Waals surface area contributed by atoms with Crippen LogP contribution < -0.4 is 20.4 Å². The normalized spacial score (nSPS) is 21.0. The number of nitrogens with one attached hydrogen (secondary N) is 4. The number of fused-ring (bicyclic) bond motifs is 2. The summed E-state index contributed by atoms with van der Waals surface area (Å²) < 4.78 is 38.4. The number of methoxy groups -OCH3 is 1. The van der Waals surface area contributed by atoms with Gasteiger partial charge in [0.2, 0.25) is 11.8 Å². The fraction of sp³-hybridized carbons (Fsp3) is 0.429. The fourth-order valence-electron chi connectivity index (χ4n) is 11.8. The highest BCUT2D eigenvalue weighted by molar-refractivity contribution is 5.87. The van der Waals surface area contributed by atoms with Gasteiger partial charge < -0.3 is 50.0 Å². The Morgan fingerprint density at radius 1 is 0.689 bits per heavy atom. The zero-order chi connectivity index (χ0) is 51.9. The van der Waals surface area contributed by atoms with Gasteiger partial charge in [0.05, 0.1) is 53.3 Å². The number of ether oxygens (including phenoxy) is 1. The molecule has 0 radical (unpaired) electrons. The maximum absolute atomic E-state index is 16.8. The molecule has 4 aliphatic heterocycles. The second kappa shape index (κ2) is 20.8. The molecular formula is C56H64F2N10O6. The van der Waals surface area contributed by atoms with Gasteiger partial charge in [0.15, 0.2) is 11.6 Å². The van der Waals surface area contributed by atoms with E-state index in [2.05, 4.69) is 25.5 Å². The molecule has 0 aliphatic carbocycles. The molecule has 6 aromatic rings. The van der Waals surface area contributed by atoms with Crippen molar-refractivity contribution in [3.05, 3.63) is 125 Å². The molecule has 2 aromatic heterocycles. The average Bonchev–Trinajstić information content (AvgIpc) is 4.26. The molecule has 4 aromatic carbocycles. The fourth-order valence-corrected chi connectivity index (χ4v) is 11.8. The minimum absolute atomic E-state index is 0.0570. The van der Waals surface area contributed by atoms with E-state index in [1.807, 2.05) is 101 Å². The van der Waals surface area contributed by atoms with Gasteiger partial charge in [-0.05, 0) is 115 Å². The molecule has 3 saturated heterocycles. The zero-order valence-electron chi connectivity index (χ0n) is 42.4. The number of rotatable bonds is 13. The molecule has 0 saturated carbocycles. The molecule has 4 amide bonds. The molecule has 0 unspecified atom stereocenters. The Kier molecular flexibility index (Phi) is 14.1. The predicted octanol–water partition coefficient (Wildman–Crippen LogP) is 10.1. The van der Waals surface area contributed by atoms with Crippen molar-refractivity contribution in [2.45, 2.75) is 109 Å². The number of imidazole rings is 2. The van der Waals surface area contributed by atoms with E-state index < -0.39 is 35.9 Å². The van der Waals surface area contributed by atoms with Crippen LogP contribution in [0, 0.1) is 23.5 Å². The summed E-state index contributed by atoms with van der Waals surface area (Å²) in [5.41, 5.74) is 7.31. The lowest BCUT2D eigenvalue weighted by Crippen LogP contribution is -2.51. The number of carboxylic acid groups (broad SMARTS) is 1. The highest BCUT2D eigenvalue weighted by Gasteiger charge is 2.41. The van der Waals surface area contributed by atoms with E-state index in [0.717, 1.165) is 46.1 Å². The first-order valence-corrected chi connectivity index (χ1v) is 25.9. The molecule has 4 aliphatic rings. The quantitative estimate of drug-likeness (QED) is 0.0744. The first-order valence-electron chi connectivity index (χ1n) is 25.9. The topological polar surface area (TPSA) is 192 Å². The number of benzene rings is 4. The van der Waals surface area contributed by atoms with Crippen LogP contribution in [0.4, 0.5) is 29.7 Å². The predicted molar refractivity (Wildman–Crippen MR) is 278 cm³/mol. The van der Waals surface area contributed by atoms with E-state index in [1.165, 1.54) is 19.2 Å². The van der Waals surface area contributed by atoms with Crippen LogP contribution in [0.3, 0.4) is 0 Å². The van der Waals surface area contributed by atoms with Crippen molar-refractivity contribution in [1.29, 1.82) is 0 Å². The van der Waals surface area contributed by atoms with E-state index >= 15 is 8.78 Å². The van der Waals surface area contributed by atoms with Gasteiger partial charge >= 0.3 is 12.2 Å². The number of alkyl carbamates (subject to hydrolysis) is 1. The summed E-state index contributed by atoms with van der Waals surface area (Å²) in [4.78, 5) is 76.0. The van der Waals surface area contributed by atoms with E-state index in [1.54, 1.807) is 14.7 Å². The van der Waals surface area contributed by atoms with Crippen LogP contribution in [0.25, 0.3) is 27.6 Å². The summed E-state index contributed by atoms with van der Waals surface area (Å²) in [5, 5.41) is 14.6. The lowest BCUT2D eigenvalue weighted by Gasteiger charge is -2.35. The molecule has 388 valence electrons. The molecule has 18 heteroatoms. The number of amides is 4.